The molecule has 2 N–H and O–H groups in total. The molecule has 3 rings (SSSR count). The number of benzene rings is 2. The summed E-state index contributed by atoms with van der Waals surface area (Å²) >= 11 is 0. The molecule has 1 amide bonds. The molecule has 0 atom stereocenters. The second-order valence-electron chi connectivity index (χ2n) is 6.60. The Labute approximate surface area is 174 Å². The molecule has 8 heteroatoms. The van der Waals surface area contributed by atoms with E-state index in [0.717, 1.165) is 11.1 Å². The van der Waals surface area contributed by atoms with Gasteiger partial charge in [0.25, 0.3) is 5.56 Å². The molecule has 8 nitrogen and oxygen atoms in total. The molecule has 1 aromatic heterocycles. The molecule has 0 unspecified atom stereocenters. The number of methoxy groups -OCH3 is 2. The van der Waals surface area contributed by atoms with Gasteiger partial charge in [0.05, 0.1) is 14.2 Å². The van der Waals surface area contributed by atoms with Gasteiger partial charge >= 0.3 is 0 Å². The van der Waals surface area contributed by atoms with Gasteiger partial charge in [-0.1, -0.05) is 36.4 Å². The highest BCUT2D eigenvalue weighted by Crippen LogP contribution is 2.27. The van der Waals surface area contributed by atoms with Crippen molar-refractivity contribution in [1.29, 1.82) is 0 Å². The first kappa shape index (κ1) is 21.0. The fraction of sp³-hybridized carbons (Fsp3) is 0.273. The van der Waals surface area contributed by atoms with Crippen molar-refractivity contribution in [2.24, 2.45) is 0 Å². The molecule has 1 heterocycles. The Kier molecular flexibility index (Phi) is 7.15. The average Bonchev–Trinajstić information content (AvgIpc) is 2.78. The monoisotopic (exact) mass is 408 g/mol. The van der Waals surface area contributed by atoms with E-state index in [1.54, 1.807) is 14.2 Å². The van der Waals surface area contributed by atoms with E-state index >= 15 is 0 Å². The smallest absolute Gasteiger partial charge is 0.273 e. The second kappa shape index (κ2) is 10.2. The van der Waals surface area contributed by atoms with E-state index in [1.807, 2.05) is 48.5 Å². The molecule has 156 valence electrons. The Balaban J connectivity index is 1.48. The minimum Gasteiger partial charge on any atom is -0.493 e. The number of carbonyl (C=O) groups is 1. The van der Waals surface area contributed by atoms with Crippen molar-refractivity contribution in [3.63, 3.8) is 0 Å². The van der Waals surface area contributed by atoms with Crippen molar-refractivity contribution >= 4 is 5.91 Å². The largest absolute Gasteiger partial charge is 0.493 e. The topological polar surface area (TPSA) is 106 Å². The summed E-state index contributed by atoms with van der Waals surface area (Å²) in [5, 5.41) is 10.9. The van der Waals surface area contributed by atoms with Crippen molar-refractivity contribution in [2.45, 2.75) is 19.3 Å². The number of carbonyl (C=O) groups excluding carboxylic acids is 1. The fourth-order valence-corrected chi connectivity index (χ4v) is 2.95. The molecule has 0 saturated carbocycles. The van der Waals surface area contributed by atoms with Crippen LogP contribution >= 0.6 is 0 Å². The highest BCUT2D eigenvalue weighted by Gasteiger charge is 2.10. The summed E-state index contributed by atoms with van der Waals surface area (Å²) < 4.78 is 10.5. The molecule has 0 fully saturated rings. The van der Waals surface area contributed by atoms with Crippen LogP contribution < -0.4 is 20.3 Å². The minimum absolute atomic E-state index is 0.149. The van der Waals surface area contributed by atoms with Gasteiger partial charge in [-0.3, -0.25) is 9.59 Å². The standard InChI is InChI=1S/C22H24N4O4/c1-29-18-10-8-15(14-19(18)30-2)12-13-23-20(27)11-9-17-22(28)24-21(26-25-17)16-6-4-3-5-7-16/h3-8,10,14H,9,11-13H2,1-2H3,(H,23,27)(H,24,26,28). The normalized spacial score (nSPS) is 10.5. The first-order valence-corrected chi connectivity index (χ1v) is 9.59. The van der Waals surface area contributed by atoms with Gasteiger partial charge in [0, 0.05) is 24.9 Å². The second-order valence-corrected chi connectivity index (χ2v) is 6.60. The van der Waals surface area contributed by atoms with Crippen LogP contribution in [0.15, 0.2) is 53.3 Å². The number of H-pyrrole nitrogens is 1. The van der Waals surface area contributed by atoms with Crippen LogP contribution in [0, 0.1) is 0 Å². The van der Waals surface area contributed by atoms with E-state index in [4.69, 9.17) is 9.47 Å². The summed E-state index contributed by atoms with van der Waals surface area (Å²) in [6.07, 6.45) is 1.03. The van der Waals surface area contributed by atoms with Gasteiger partial charge in [-0.25, -0.2) is 0 Å². The van der Waals surface area contributed by atoms with Gasteiger partial charge in [-0.2, -0.15) is 0 Å². The lowest BCUT2D eigenvalue weighted by molar-refractivity contribution is -0.121. The Morgan fingerprint density at radius 1 is 1.00 bits per heavy atom. The number of ether oxygens (including phenoxy) is 2. The van der Waals surface area contributed by atoms with Crippen LogP contribution in [0.4, 0.5) is 0 Å². The van der Waals surface area contributed by atoms with Crippen LogP contribution in [0.2, 0.25) is 0 Å². The molecular formula is C22H24N4O4. The number of hydrogen-bond donors (Lipinski definition) is 2. The molecule has 3 aromatic rings. The van der Waals surface area contributed by atoms with Crippen LogP contribution in [0.1, 0.15) is 17.7 Å². The fourth-order valence-electron chi connectivity index (χ4n) is 2.95. The van der Waals surface area contributed by atoms with Crippen LogP contribution in [-0.2, 0) is 17.6 Å². The maximum atomic E-state index is 12.2. The van der Waals surface area contributed by atoms with Crippen molar-refractivity contribution in [3.05, 3.63) is 70.1 Å². The molecule has 0 radical (unpaired) electrons. The lowest BCUT2D eigenvalue weighted by Gasteiger charge is -2.10. The average molecular weight is 408 g/mol. The number of rotatable bonds is 9. The van der Waals surface area contributed by atoms with Crippen molar-refractivity contribution in [1.82, 2.24) is 20.5 Å². The molecule has 0 aliphatic carbocycles. The van der Waals surface area contributed by atoms with Crippen LogP contribution in [0.25, 0.3) is 11.4 Å². The zero-order valence-electron chi connectivity index (χ0n) is 17.0. The third kappa shape index (κ3) is 5.44. The van der Waals surface area contributed by atoms with Gasteiger partial charge < -0.3 is 19.8 Å². The molecular weight excluding hydrogens is 384 g/mol. The molecule has 0 saturated heterocycles. The quantitative estimate of drug-likeness (QED) is 0.562. The molecule has 2 aromatic carbocycles. The molecule has 30 heavy (non-hydrogen) atoms. The Morgan fingerprint density at radius 2 is 1.77 bits per heavy atom. The van der Waals surface area contributed by atoms with Gasteiger partial charge in [0.15, 0.2) is 17.3 Å². The summed E-state index contributed by atoms with van der Waals surface area (Å²) in [4.78, 5) is 27.1. The van der Waals surface area contributed by atoms with Crippen LogP contribution in [-0.4, -0.2) is 41.9 Å². The number of nitrogens with one attached hydrogen (secondary N) is 2. The van der Waals surface area contributed by atoms with Crippen LogP contribution in [0.3, 0.4) is 0 Å². The Hall–Kier alpha value is -3.68. The Morgan fingerprint density at radius 3 is 2.47 bits per heavy atom. The lowest BCUT2D eigenvalue weighted by Crippen LogP contribution is -2.27. The number of aromatic amines is 1. The molecule has 0 bridgehead atoms. The predicted molar refractivity (Wildman–Crippen MR) is 113 cm³/mol. The number of aromatic nitrogens is 3. The third-order valence-electron chi connectivity index (χ3n) is 4.58. The lowest BCUT2D eigenvalue weighted by atomic mass is 10.1. The van der Waals surface area contributed by atoms with E-state index in [2.05, 4.69) is 20.5 Å². The van der Waals surface area contributed by atoms with E-state index in [0.29, 0.717) is 30.3 Å². The number of hydrogen-bond acceptors (Lipinski definition) is 6. The highest BCUT2D eigenvalue weighted by atomic mass is 16.5. The van der Waals surface area contributed by atoms with E-state index in [9.17, 15) is 9.59 Å². The van der Waals surface area contributed by atoms with Gasteiger partial charge in [-0.05, 0) is 24.1 Å². The first-order chi connectivity index (χ1) is 14.6. The van der Waals surface area contributed by atoms with Crippen molar-refractivity contribution in [3.8, 4) is 22.9 Å². The van der Waals surface area contributed by atoms with E-state index < -0.39 is 0 Å². The number of nitrogens with zero attached hydrogens (tertiary/aromatic N) is 2. The third-order valence-corrected chi connectivity index (χ3v) is 4.58. The zero-order valence-corrected chi connectivity index (χ0v) is 17.0. The van der Waals surface area contributed by atoms with Crippen molar-refractivity contribution in [2.75, 3.05) is 20.8 Å². The zero-order chi connectivity index (χ0) is 21.3. The van der Waals surface area contributed by atoms with E-state index in [-0.39, 0.29) is 30.0 Å². The summed E-state index contributed by atoms with van der Waals surface area (Å²) in [5.41, 5.74) is 1.71. The van der Waals surface area contributed by atoms with Crippen LogP contribution in [0.5, 0.6) is 11.5 Å². The van der Waals surface area contributed by atoms with Crippen molar-refractivity contribution < 1.29 is 14.3 Å². The maximum Gasteiger partial charge on any atom is 0.273 e. The highest BCUT2D eigenvalue weighted by molar-refractivity contribution is 5.76. The number of amides is 1. The summed E-state index contributed by atoms with van der Waals surface area (Å²) in [6.45, 7) is 0.475. The molecule has 0 spiro atoms. The summed E-state index contributed by atoms with van der Waals surface area (Å²) in [6, 6.07) is 14.9. The summed E-state index contributed by atoms with van der Waals surface area (Å²) in [5.74, 6) is 1.57. The van der Waals surface area contributed by atoms with Gasteiger partial charge in [0.2, 0.25) is 5.91 Å². The van der Waals surface area contributed by atoms with E-state index in [1.165, 1.54) is 0 Å². The molecule has 0 aliphatic rings. The molecule has 0 aliphatic heterocycles. The summed E-state index contributed by atoms with van der Waals surface area (Å²) in [7, 11) is 3.17. The first-order valence-electron chi connectivity index (χ1n) is 9.59. The number of aryl methyl sites for hydroxylation is 1. The SMILES string of the molecule is COc1ccc(CCNC(=O)CCc2nnc(-c3ccccc3)[nH]c2=O)cc1OC. The maximum absolute atomic E-state index is 12.2. The van der Waals surface area contributed by atoms with Gasteiger partial charge in [-0.15, -0.1) is 10.2 Å². The Bertz CT molecular complexity index is 1050. The minimum atomic E-state index is -0.331. The van der Waals surface area contributed by atoms with Gasteiger partial charge in [0.1, 0.15) is 5.69 Å². The predicted octanol–water partition coefficient (Wildman–Crippen LogP) is 2.14.